The molecule has 0 aliphatic carbocycles. The Balaban J connectivity index is 2.53. The van der Waals surface area contributed by atoms with Crippen molar-refractivity contribution in [3.8, 4) is 11.4 Å². The van der Waals surface area contributed by atoms with Crippen LogP contribution in [-0.4, -0.2) is 22.5 Å². The van der Waals surface area contributed by atoms with E-state index in [1.807, 2.05) is 6.92 Å². The minimum absolute atomic E-state index is 0.0569. The van der Waals surface area contributed by atoms with E-state index >= 15 is 0 Å². The number of carbonyl (C=O) groups is 1. The lowest BCUT2D eigenvalue weighted by Gasteiger charge is -2.19. The van der Waals surface area contributed by atoms with E-state index in [2.05, 4.69) is 10.3 Å². The second-order valence-electron chi connectivity index (χ2n) is 4.80. The smallest absolute Gasteiger partial charge is 0.242 e. The van der Waals surface area contributed by atoms with Crippen LogP contribution in [0.3, 0.4) is 0 Å². The van der Waals surface area contributed by atoms with Crippen molar-refractivity contribution in [2.75, 3.05) is 7.05 Å². The van der Waals surface area contributed by atoms with Crippen molar-refractivity contribution >= 4 is 17.5 Å². The fraction of sp³-hybridized carbons (Fsp3) is 0.333. The molecular weight excluding hydrogens is 312 g/mol. The summed E-state index contributed by atoms with van der Waals surface area (Å²) in [4.78, 5) is 16.2. The zero-order chi connectivity index (χ0) is 16.3. The Hall–Kier alpha value is -1.95. The second-order valence-corrected chi connectivity index (χ2v) is 5.18. The van der Waals surface area contributed by atoms with Gasteiger partial charge in [0.15, 0.2) is 5.82 Å². The first kappa shape index (κ1) is 16.4. The van der Waals surface area contributed by atoms with Crippen molar-refractivity contribution in [2.24, 2.45) is 0 Å². The van der Waals surface area contributed by atoms with Gasteiger partial charge in [0, 0.05) is 19.4 Å². The van der Waals surface area contributed by atoms with Gasteiger partial charge in [-0.3, -0.25) is 4.79 Å². The molecule has 118 valence electrons. The molecule has 1 N–H and O–H groups in total. The summed E-state index contributed by atoms with van der Waals surface area (Å²) in [5, 5.41) is 2.00. The minimum atomic E-state index is -0.888. The van der Waals surface area contributed by atoms with Crippen molar-refractivity contribution in [1.29, 1.82) is 0 Å². The summed E-state index contributed by atoms with van der Waals surface area (Å²) in [6, 6.07) is 1.83. The van der Waals surface area contributed by atoms with Gasteiger partial charge < -0.3 is 9.88 Å². The highest BCUT2D eigenvalue weighted by molar-refractivity contribution is 6.31. The quantitative estimate of drug-likeness (QED) is 0.853. The highest BCUT2D eigenvalue weighted by Gasteiger charge is 2.24. The molecular formula is C15H16ClF2N3O. The largest absolute Gasteiger partial charge is 0.357 e. The van der Waals surface area contributed by atoms with Crippen LogP contribution in [0.5, 0.6) is 0 Å². The zero-order valence-electron chi connectivity index (χ0n) is 12.2. The molecule has 1 amide bonds. The highest BCUT2D eigenvalue weighted by atomic mass is 35.5. The standard InChI is InChI=1S/C15H16ClF2N3O/c1-3-4-11(15(22)19-2)21-8-7-20-14(21)9-5-6-10(17)12(16)13(9)18/h5-8,11H,3-4H2,1-2H3,(H,19,22)/t11-/m0/s1. The summed E-state index contributed by atoms with van der Waals surface area (Å²) in [7, 11) is 1.54. The van der Waals surface area contributed by atoms with Crippen molar-refractivity contribution in [2.45, 2.75) is 25.8 Å². The maximum absolute atomic E-state index is 14.2. The van der Waals surface area contributed by atoms with Crippen LogP contribution in [-0.2, 0) is 4.79 Å². The Kier molecular flexibility index (Phi) is 5.13. The van der Waals surface area contributed by atoms with Crippen molar-refractivity contribution in [3.05, 3.63) is 41.2 Å². The van der Waals surface area contributed by atoms with E-state index in [0.717, 1.165) is 12.5 Å². The molecule has 1 atom stereocenters. The molecule has 1 aromatic carbocycles. The topological polar surface area (TPSA) is 46.9 Å². The number of halogens is 3. The molecule has 2 rings (SSSR count). The van der Waals surface area contributed by atoms with Crippen LogP contribution in [0.2, 0.25) is 5.02 Å². The molecule has 2 aromatic rings. The van der Waals surface area contributed by atoms with Gasteiger partial charge in [-0.25, -0.2) is 13.8 Å². The Morgan fingerprint density at radius 2 is 2.18 bits per heavy atom. The normalized spacial score (nSPS) is 12.2. The van der Waals surface area contributed by atoms with Crippen molar-refractivity contribution in [3.63, 3.8) is 0 Å². The van der Waals surface area contributed by atoms with Crippen LogP contribution in [0.15, 0.2) is 24.5 Å². The average molecular weight is 328 g/mol. The molecule has 0 fully saturated rings. The van der Waals surface area contributed by atoms with Gasteiger partial charge in [0.2, 0.25) is 5.91 Å². The third-order valence-corrected chi connectivity index (χ3v) is 3.74. The monoisotopic (exact) mass is 327 g/mol. The number of amides is 1. The summed E-state index contributed by atoms with van der Waals surface area (Å²) in [5.74, 6) is -1.69. The van der Waals surface area contributed by atoms with Gasteiger partial charge in [0.25, 0.3) is 0 Å². The van der Waals surface area contributed by atoms with Gasteiger partial charge in [-0.1, -0.05) is 24.9 Å². The third-order valence-electron chi connectivity index (χ3n) is 3.39. The fourth-order valence-electron chi connectivity index (χ4n) is 2.31. The highest BCUT2D eigenvalue weighted by Crippen LogP contribution is 2.31. The lowest BCUT2D eigenvalue weighted by molar-refractivity contribution is -0.124. The number of carbonyl (C=O) groups excluding carboxylic acids is 1. The molecule has 0 spiro atoms. The first-order valence-corrected chi connectivity index (χ1v) is 7.27. The SMILES string of the molecule is CCC[C@@H](C(=O)NC)n1ccnc1-c1ccc(F)c(Cl)c1F. The van der Waals surface area contributed by atoms with E-state index in [9.17, 15) is 13.6 Å². The van der Waals surface area contributed by atoms with Crippen LogP contribution >= 0.6 is 11.6 Å². The summed E-state index contributed by atoms with van der Waals surface area (Å²) in [6.45, 7) is 1.95. The molecule has 0 radical (unpaired) electrons. The molecule has 22 heavy (non-hydrogen) atoms. The van der Waals surface area contributed by atoms with Crippen LogP contribution in [0.4, 0.5) is 8.78 Å². The number of aromatic nitrogens is 2. The van der Waals surface area contributed by atoms with E-state index in [-0.39, 0.29) is 17.3 Å². The average Bonchev–Trinajstić information content (AvgIpc) is 2.98. The molecule has 0 aliphatic rings. The summed E-state index contributed by atoms with van der Waals surface area (Å²) < 4.78 is 29.1. The zero-order valence-corrected chi connectivity index (χ0v) is 13.0. The minimum Gasteiger partial charge on any atom is -0.357 e. The molecule has 0 saturated heterocycles. The van der Waals surface area contributed by atoms with Crippen molar-refractivity contribution < 1.29 is 13.6 Å². The molecule has 4 nitrogen and oxygen atoms in total. The lowest BCUT2D eigenvalue weighted by atomic mass is 10.1. The Morgan fingerprint density at radius 1 is 1.45 bits per heavy atom. The number of hydrogen-bond acceptors (Lipinski definition) is 2. The van der Waals surface area contributed by atoms with Gasteiger partial charge in [-0.05, 0) is 18.6 Å². The number of imidazole rings is 1. The summed E-state index contributed by atoms with van der Waals surface area (Å²) >= 11 is 5.62. The van der Waals surface area contributed by atoms with Gasteiger partial charge in [-0.15, -0.1) is 0 Å². The van der Waals surface area contributed by atoms with Crippen LogP contribution < -0.4 is 5.32 Å². The van der Waals surface area contributed by atoms with Crippen LogP contribution in [0.25, 0.3) is 11.4 Å². The number of benzene rings is 1. The Labute approximate surface area is 132 Å². The number of nitrogens with zero attached hydrogens (tertiary/aromatic N) is 2. The van der Waals surface area contributed by atoms with Gasteiger partial charge in [0.05, 0.1) is 5.56 Å². The molecule has 0 bridgehead atoms. The molecule has 7 heteroatoms. The number of nitrogens with one attached hydrogen (secondary N) is 1. The second kappa shape index (κ2) is 6.87. The summed E-state index contributed by atoms with van der Waals surface area (Å²) in [5.41, 5.74) is 0.0569. The van der Waals surface area contributed by atoms with Crippen LogP contribution in [0, 0.1) is 11.6 Å². The van der Waals surface area contributed by atoms with E-state index < -0.39 is 22.7 Å². The number of rotatable bonds is 5. The predicted octanol–water partition coefficient (Wildman–Crippen LogP) is 3.57. The van der Waals surface area contributed by atoms with E-state index in [1.54, 1.807) is 10.8 Å². The first-order valence-electron chi connectivity index (χ1n) is 6.89. The molecule has 0 saturated carbocycles. The van der Waals surface area contributed by atoms with E-state index in [0.29, 0.717) is 6.42 Å². The lowest BCUT2D eigenvalue weighted by Crippen LogP contribution is -2.30. The molecule has 1 aromatic heterocycles. The van der Waals surface area contributed by atoms with Gasteiger partial charge in [-0.2, -0.15) is 0 Å². The first-order chi connectivity index (χ1) is 10.5. The maximum atomic E-state index is 14.2. The summed E-state index contributed by atoms with van der Waals surface area (Å²) in [6.07, 6.45) is 4.40. The maximum Gasteiger partial charge on any atom is 0.242 e. The number of likely N-dealkylation sites (N-methyl/N-ethyl adjacent to an activating group) is 1. The number of hydrogen-bond donors (Lipinski definition) is 1. The van der Waals surface area contributed by atoms with E-state index in [1.165, 1.54) is 19.3 Å². The van der Waals surface area contributed by atoms with Gasteiger partial charge >= 0.3 is 0 Å². The predicted molar refractivity (Wildman–Crippen MR) is 80.6 cm³/mol. The van der Waals surface area contributed by atoms with Gasteiger partial charge in [0.1, 0.15) is 22.7 Å². The third kappa shape index (κ3) is 2.97. The van der Waals surface area contributed by atoms with E-state index in [4.69, 9.17) is 11.6 Å². The Morgan fingerprint density at radius 3 is 2.82 bits per heavy atom. The Bertz CT molecular complexity index is 687. The van der Waals surface area contributed by atoms with Crippen LogP contribution in [0.1, 0.15) is 25.8 Å². The fourth-order valence-corrected chi connectivity index (χ4v) is 2.47. The molecule has 1 heterocycles. The van der Waals surface area contributed by atoms with Crippen molar-refractivity contribution in [1.82, 2.24) is 14.9 Å². The molecule has 0 aliphatic heterocycles. The molecule has 0 unspecified atom stereocenters.